The Balaban J connectivity index is 1.52. The molecule has 7 nitrogen and oxygen atoms in total. The Bertz CT molecular complexity index is 872. The van der Waals surface area contributed by atoms with Gasteiger partial charge in [-0.25, -0.2) is 0 Å². The van der Waals surface area contributed by atoms with E-state index in [1.165, 1.54) is 17.7 Å². The van der Waals surface area contributed by atoms with E-state index in [-0.39, 0.29) is 18.2 Å². The quantitative estimate of drug-likeness (QED) is 0.548. The molecule has 3 rings (SSSR count). The second-order valence-electron chi connectivity index (χ2n) is 7.61. The number of nitro groups is 1. The Morgan fingerprint density at radius 2 is 1.76 bits per heavy atom. The van der Waals surface area contributed by atoms with E-state index in [1.807, 2.05) is 24.0 Å². The molecule has 29 heavy (non-hydrogen) atoms. The molecule has 1 amide bonds. The van der Waals surface area contributed by atoms with Crippen molar-refractivity contribution in [1.29, 1.82) is 0 Å². The number of anilines is 1. The fraction of sp³-hybridized carbons (Fsp3) is 0.409. The number of piperazine rings is 1. The first kappa shape index (κ1) is 20.6. The normalized spacial score (nSPS) is 14.2. The van der Waals surface area contributed by atoms with Crippen molar-refractivity contribution in [3.63, 3.8) is 0 Å². The van der Waals surface area contributed by atoms with Gasteiger partial charge >= 0.3 is 0 Å². The molecule has 154 valence electrons. The molecule has 1 fully saturated rings. The summed E-state index contributed by atoms with van der Waals surface area (Å²) in [4.78, 5) is 26.9. The van der Waals surface area contributed by atoms with Crippen LogP contribution < -0.4 is 9.64 Å². The Morgan fingerprint density at radius 1 is 1.10 bits per heavy atom. The van der Waals surface area contributed by atoms with E-state index < -0.39 is 4.92 Å². The third kappa shape index (κ3) is 5.04. The lowest BCUT2D eigenvalue weighted by Gasteiger charge is -2.36. The molecular weight excluding hydrogens is 370 g/mol. The molecule has 2 aromatic carbocycles. The molecule has 0 aliphatic carbocycles. The van der Waals surface area contributed by atoms with E-state index in [4.69, 9.17) is 4.74 Å². The van der Waals surface area contributed by atoms with Gasteiger partial charge in [0.05, 0.1) is 4.92 Å². The summed E-state index contributed by atoms with van der Waals surface area (Å²) >= 11 is 0. The third-order valence-electron chi connectivity index (χ3n) is 5.29. The monoisotopic (exact) mass is 397 g/mol. The summed E-state index contributed by atoms with van der Waals surface area (Å²) in [6, 6.07) is 12.7. The van der Waals surface area contributed by atoms with E-state index in [1.54, 1.807) is 12.1 Å². The van der Waals surface area contributed by atoms with E-state index in [0.717, 1.165) is 17.0 Å². The van der Waals surface area contributed by atoms with Crippen LogP contribution in [0, 0.1) is 17.0 Å². The van der Waals surface area contributed by atoms with E-state index in [0.29, 0.717) is 32.1 Å². The van der Waals surface area contributed by atoms with Gasteiger partial charge in [0.25, 0.3) is 11.6 Å². The zero-order chi connectivity index (χ0) is 21.0. The van der Waals surface area contributed by atoms with Crippen LogP contribution in [0.5, 0.6) is 5.75 Å². The molecule has 0 saturated carbocycles. The van der Waals surface area contributed by atoms with E-state index in [9.17, 15) is 14.9 Å². The maximum absolute atomic E-state index is 12.6. The van der Waals surface area contributed by atoms with Crippen LogP contribution in [-0.4, -0.2) is 48.5 Å². The van der Waals surface area contributed by atoms with Gasteiger partial charge in [-0.05, 0) is 42.2 Å². The molecular formula is C22H27N3O4. The van der Waals surface area contributed by atoms with Crippen molar-refractivity contribution in [2.24, 2.45) is 0 Å². The average Bonchev–Trinajstić information content (AvgIpc) is 2.73. The van der Waals surface area contributed by atoms with Crippen molar-refractivity contribution in [3.8, 4) is 5.75 Å². The van der Waals surface area contributed by atoms with Crippen molar-refractivity contribution in [2.75, 3.05) is 37.7 Å². The van der Waals surface area contributed by atoms with Crippen LogP contribution in [0.1, 0.15) is 30.9 Å². The highest BCUT2D eigenvalue weighted by Crippen LogP contribution is 2.25. The largest absolute Gasteiger partial charge is 0.483 e. The number of amides is 1. The number of nitro benzene ring substituents is 1. The van der Waals surface area contributed by atoms with E-state index >= 15 is 0 Å². The van der Waals surface area contributed by atoms with Gasteiger partial charge in [0.1, 0.15) is 5.75 Å². The number of carbonyl (C=O) groups is 1. The van der Waals surface area contributed by atoms with Gasteiger partial charge < -0.3 is 14.5 Å². The summed E-state index contributed by atoms with van der Waals surface area (Å²) in [5.41, 5.74) is 3.22. The Labute approximate surface area is 171 Å². The average molecular weight is 397 g/mol. The number of aryl methyl sites for hydroxylation is 1. The summed E-state index contributed by atoms with van der Waals surface area (Å²) < 4.78 is 5.82. The Kier molecular flexibility index (Phi) is 6.36. The predicted octanol–water partition coefficient (Wildman–Crippen LogP) is 3.75. The SMILES string of the molecule is Cc1ccc(C(C)C)cc1OCC(=O)N1CCN(c2ccc([N+](=O)[O-])cc2)CC1. The van der Waals surface area contributed by atoms with Crippen molar-refractivity contribution in [1.82, 2.24) is 4.90 Å². The van der Waals surface area contributed by atoms with Crippen LogP contribution in [0.2, 0.25) is 0 Å². The molecule has 2 aromatic rings. The van der Waals surface area contributed by atoms with Gasteiger partial charge in [-0.15, -0.1) is 0 Å². The lowest BCUT2D eigenvalue weighted by molar-refractivity contribution is -0.384. The number of hydrogen-bond donors (Lipinski definition) is 0. The van der Waals surface area contributed by atoms with Gasteiger partial charge in [0.2, 0.25) is 0 Å². The molecule has 0 spiro atoms. The number of ether oxygens (including phenoxy) is 1. The van der Waals surface area contributed by atoms with Gasteiger partial charge in [-0.2, -0.15) is 0 Å². The lowest BCUT2D eigenvalue weighted by Crippen LogP contribution is -2.50. The molecule has 0 unspecified atom stereocenters. The van der Waals surface area contributed by atoms with Crippen molar-refractivity contribution in [3.05, 3.63) is 63.7 Å². The number of rotatable bonds is 6. The number of nitrogens with zero attached hydrogens (tertiary/aromatic N) is 3. The number of carbonyl (C=O) groups excluding carboxylic acids is 1. The van der Waals surface area contributed by atoms with E-state index in [2.05, 4.69) is 24.8 Å². The zero-order valence-corrected chi connectivity index (χ0v) is 17.1. The Morgan fingerprint density at radius 3 is 2.34 bits per heavy atom. The van der Waals surface area contributed by atoms with Crippen molar-refractivity contribution >= 4 is 17.3 Å². The minimum absolute atomic E-state index is 0.0253. The van der Waals surface area contributed by atoms with Gasteiger partial charge in [0, 0.05) is 44.0 Å². The van der Waals surface area contributed by atoms with Crippen molar-refractivity contribution in [2.45, 2.75) is 26.7 Å². The second-order valence-corrected chi connectivity index (χ2v) is 7.61. The van der Waals surface area contributed by atoms with Crippen LogP contribution in [0.4, 0.5) is 11.4 Å². The van der Waals surface area contributed by atoms with Gasteiger partial charge in [-0.1, -0.05) is 26.0 Å². The molecule has 7 heteroatoms. The highest BCUT2D eigenvalue weighted by molar-refractivity contribution is 5.78. The van der Waals surface area contributed by atoms with Crippen LogP contribution in [0.3, 0.4) is 0 Å². The minimum Gasteiger partial charge on any atom is -0.483 e. The molecule has 0 bridgehead atoms. The molecule has 1 aliphatic rings. The zero-order valence-electron chi connectivity index (χ0n) is 17.1. The Hall–Kier alpha value is -3.09. The lowest BCUT2D eigenvalue weighted by atomic mass is 10.0. The molecule has 0 atom stereocenters. The van der Waals surface area contributed by atoms with Crippen LogP contribution in [0.25, 0.3) is 0 Å². The fourth-order valence-electron chi connectivity index (χ4n) is 3.36. The van der Waals surface area contributed by atoms with Crippen molar-refractivity contribution < 1.29 is 14.5 Å². The summed E-state index contributed by atoms with van der Waals surface area (Å²) in [6.07, 6.45) is 0. The van der Waals surface area contributed by atoms with Crippen LogP contribution in [-0.2, 0) is 4.79 Å². The smallest absolute Gasteiger partial charge is 0.269 e. The molecule has 1 heterocycles. The predicted molar refractivity (Wildman–Crippen MR) is 113 cm³/mol. The first-order valence-corrected chi connectivity index (χ1v) is 9.85. The summed E-state index contributed by atoms with van der Waals surface area (Å²) in [7, 11) is 0. The standard InChI is InChI=1S/C22H27N3O4/c1-16(2)18-5-4-17(3)21(14-18)29-15-22(26)24-12-10-23(11-13-24)19-6-8-20(9-7-19)25(27)28/h4-9,14,16H,10-13,15H2,1-3H3. The molecule has 1 saturated heterocycles. The number of benzene rings is 2. The first-order chi connectivity index (χ1) is 13.8. The number of hydrogen-bond acceptors (Lipinski definition) is 5. The van der Waals surface area contributed by atoms with Crippen LogP contribution >= 0.6 is 0 Å². The highest BCUT2D eigenvalue weighted by atomic mass is 16.6. The minimum atomic E-state index is -0.404. The second kappa shape index (κ2) is 8.94. The van der Waals surface area contributed by atoms with Crippen LogP contribution in [0.15, 0.2) is 42.5 Å². The molecule has 0 aromatic heterocycles. The summed E-state index contributed by atoms with van der Waals surface area (Å²) in [5.74, 6) is 1.14. The maximum atomic E-state index is 12.6. The molecule has 0 radical (unpaired) electrons. The molecule has 0 N–H and O–H groups in total. The fourth-order valence-corrected chi connectivity index (χ4v) is 3.36. The van der Waals surface area contributed by atoms with Gasteiger partial charge in [-0.3, -0.25) is 14.9 Å². The summed E-state index contributed by atoms with van der Waals surface area (Å²) in [5, 5.41) is 10.8. The summed E-state index contributed by atoms with van der Waals surface area (Å²) in [6.45, 7) is 8.84. The highest BCUT2D eigenvalue weighted by Gasteiger charge is 2.22. The topological polar surface area (TPSA) is 75.9 Å². The first-order valence-electron chi connectivity index (χ1n) is 9.85. The van der Waals surface area contributed by atoms with Gasteiger partial charge in [0.15, 0.2) is 6.61 Å². The maximum Gasteiger partial charge on any atom is 0.269 e. The third-order valence-corrected chi connectivity index (χ3v) is 5.29. The molecule has 1 aliphatic heterocycles. The number of non-ortho nitro benzene ring substituents is 1.